The van der Waals surface area contributed by atoms with E-state index >= 15 is 0 Å². The molecule has 0 spiro atoms. The van der Waals surface area contributed by atoms with Crippen LogP contribution in [0.5, 0.6) is 0 Å². The van der Waals surface area contributed by atoms with Crippen molar-refractivity contribution in [3.05, 3.63) is 40.1 Å². The lowest BCUT2D eigenvalue weighted by Crippen LogP contribution is -2.12. The van der Waals surface area contributed by atoms with E-state index in [1.165, 1.54) is 17.3 Å². The molecule has 0 aliphatic carbocycles. The Morgan fingerprint density at radius 3 is 2.56 bits per heavy atom. The van der Waals surface area contributed by atoms with Crippen molar-refractivity contribution in [2.75, 3.05) is 18.5 Å². The molecule has 0 N–H and O–H groups in total. The van der Waals surface area contributed by atoms with Crippen LogP contribution in [0.25, 0.3) is 11.4 Å². The van der Waals surface area contributed by atoms with Gasteiger partial charge in [0.25, 0.3) is 0 Å². The summed E-state index contributed by atoms with van der Waals surface area (Å²) in [6.45, 7) is 1.05. The summed E-state index contributed by atoms with van der Waals surface area (Å²) >= 11 is 11.8. The second-order valence-electron chi connectivity index (χ2n) is 4.35. The lowest BCUT2D eigenvalue weighted by molar-refractivity contribution is 0.956. The van der Waals surface area contributed by atoms with Crippen LogP contribution >= 0.6 is 23.2 Å². The predicted octanol–water partition coefficient (Wildman–Crippen LogP) is 3.44. The Kier molecular flexibility index (Phi) is 2.88. The Bertz CT molecular complexity index is 593. The van der Waals surface area contributed by atoms with Crippen molar-refractivity contribution in [1.29, 1.82) is 0 Å². The van der Waals surface area contributed by atoms with Crippen molar-refractivity contribution in [2.45, 2.75) is 6.42 Å². The van der Waals surface area contributed by atoms with Crippen LogP contribution in [0.1, 0.15) is 5.56 Å². The van der Waals surface area contributed by atoms with Crippen LogP contribution in [0.3, 0.4) is 0 Å². The van der Waals surface area contributed by atoms with Gasteiger partial charge in [-0.3, -0.25) is 0 Å². The first-order chi connectivity index (χ1) is 8.63. The molecule has 18 heavy (non-hydrogen) atoms. The number of hydrogen-bond donors (Lipinski definition) is 0. The second kappa shape index (κ2) is 4.41. The highest BCUT2D eigenvalue weighted by Gasteiger charge is 2.16. The fourth-order valence-corrected chi connectivity index (χ4v) is 2.65. The van der Waals surface area contributed by atoms with Crippen molar-refractivity contribution >= 4 is 28.9 Å². The standard InChI is InChI=1S/C13H11Cl2N3/c1-18-5-4-8-6-9(2-3-10(8)18)13-16-11(14)7-12(15)17-13/h2-3,6-7H,4-5H2,1H3. The number of anilines is 1. The van der Waals surface area contributed by atoms with Crippen molar-refractivity contribution in [3.8, 4) is 11.4 Å². The van der Waals surface area contributed by atoms with E-state index in [-0.39, 0.29) is 0 Å². The van der Waals surface area contributed by atoms with Gasteiger partial charge in [0.2, 0.25) is 0 Å². The molecule has 1 aromatic carbocycles. The monoisotopic (exact) mass is 279 g/mol. The first kappa shape index (κ1) is 11.8. The summed E-state index contributed by atoms with van der Waals surface area (Å²) in [5.74, 6) is 0.574. The number of nitrogens with zero attached hydrogens (tertiary/aromatic N) is 3. The van der Waals surface area contributed by atoms with Crippen LogP contribution in [0.4, 0.5) is 5.69 Å². The van der Waals surface area contributed by atoms with E-state index in [1.54, 1.807) is 0 Å². The average Bonchev–Trinajstić information content (AvgIpc) is 2.69. The molecule has 2 aromatic rings. The van der Waals surface area contributed by atoms with Crippen molar-refractivity contribution in [2.24, 2.45) is 0 Å². The summed E-state index contributed by atoms with van der Waals surface area (Å²) in [6.07, 6.45) is 1.05. The summed E-state index contributed by atoms with van der Waals surface area (Å²) in [6, 6.07) is 7.74. The smallest absolute Gasteiger partial charge is 0.162 e. The molecule has 0 unspecified atom stereocenters. The van der Waals surface area contributed by atoms with Crippen LogP contribution < -0.4 is 4.90 Å². The maximum absolute atomic E-state index is 5.90. The van der Waals surface area contributed by atoms with E-state index in [1.807, 2.05) is 6.07 Å². The third kappa shape index (κ3) is 2.04. The largest absolute Gasteiger partial charge is 0.374 e. The molecule has 0 atom stereocenters. The van der Waals surface area contributed by atoms with E-state index in [4.69, 9.17) is 23.2 Å². The zero-order chi connectivity index (χ0) is 12.7. The molecule has 3 nitrogen and oxygen atoms in total. The molecule has 92 valence electrons. The highest BCUT2D eigenvalue weighted by atomic mass is 35.5. The van der Waals surface area contributed by atoms with Crippen LogP contribution in [-0.4, -0.2) is 23.6 Å². The van der Waals surface area contributed by atoms with E-state index in [0.717, 1.165) is 18.5 Å². The summed E-state index contributed by atoms with van der Waals surface area (Å²) in [7, 11) is 2.10. The number of benzene rings is 1. The van der Waals surface area contributed by atoms with Gasteiger partial charge in [-0.2, -0.15) is 0 Å². The number of likely N-dealkylation sites (N-methyl/N-ethyl adjacent to an activating group) is 1. The van der Waals surface area contributed by atoms with Gasteiger partial charge in [-0.05, 0) is 30.2 Å². The van der Waals surface area contributed by atoms with Gasteiger partial charge in [-0.25, -0.2) is 9.97 Å². The van der Waals surface area contributed by atoms with Gasteiger partial charge in [0.1, 0.15) is 10.3 Å². The molecule has 0 saturated carbocycles. The van der Waals surface area contributed by atoms with Gasteiger partial charge in [0, 0.05) is 30.9 Å². The first-order valence-electron chi connectivity index (χ1n) is 5.68. The minimum atomic E-state index is 0.364. The quantitative estimate of drug-likeness (QED) is 0.749. The first-order valence-corrected chi connectivity index (χ1v) is 6.43. The van der Waals surface area contributed by atoms with Gasteiger partial charge >= 0.3 is 0 Å². The van der Waals surface area contributed by atoms with Crippen molar-refractivity contribution in [3.63, 3.8) is 0 Å². The molecule has 0 bridgehead atoms. The average molecular weight is 280 g/mol. The molecule has 0 saturated heterocycles. The fraction of sp³-hybridized carbons (Fsp3) is 0.231. The highest BCUT2D eigenvalue weighted by Crippen LogP contribution is 2.30. The van der Waals surface area contributed by atoms with Gasteiger partial charge in [-0.15, -0.1) is 0 Å². The molecule has 5 heteroatoms. The molecule has 1 aliphatic heterocycles. The Labute approximate surface area is 115 Å². The minimum absolute atomic E-state index is 0.364. The van der Waals surface area contributed by atoms with E-state index in [2.05, 4.69) is 34.0 Å². The summed E-state index contributed by atoms with van der Waals surface area (Å²) in [5.41, 5.74) is 3.54. The maximum atomic E-state index is 5.90. The zero-order valence-corrected chi connectivity index (χ0v) is 11.3. The van der Waals surface area contributed by atoms with Gasteiger partial charge in [-0.1, -0.05) is 23.2 Å². The Morgan fingerprint density at radius 1 is 1.11 bits per heavy atom. The van der Waals surface area contributed by atoms with Gasteiger partial charge < -0.3 is 4.90 Å². The topological polar surface area (TPSA) is 29.0 Å². The van der Waals surface area contributed by atoms with E-state index in [9.17, 15) is 0 Å². The molecule has 1 aromatic heterocycles. The fourth-order valence-electron chi connectivity index (χ4n) is 2.23. The third-order valence-electron chi connectivity index (χ3n) is 3.13. The number of halogens is 2. The number of hydrogen-bond acceptors (Lipinski definition) is 3. The lowest BCUT2D eigenvalue weighted by atomic mass is 10.1. The number of fused-ring (bicyclic) bond motifs is 1. The third-order valence-corrected chi connectivity index (χ3v) is 3.52. The van der Waals surface area contributed by atoms with Crippen LogP contribution in [-0.2, 0) is 6.42 Å². The van der Waals surface area contributed by atoms with Crippen molar-refractivity contribution in [1.82, 2.24) is 9.97 Å². The summed E-state index contributed by atoms with van der Waals surface area (Å²) in [5, 5.41) is 0.727. The Balaban J connectivity index is 2.07. The molecule has 0 amide bonds. The SMILES string of the molecule is CN1CCc2cc(-c3nc(Cl)cc(Cl)n3)ccc21. The lowest BCUT2D eigenvalue weighted by Gasteiger charge is -2.11. The molecule has 2 heterocycles. The Hall–Kier alpha value is -1.32. The Morgan fingerprint density at radius 2 is 1.83 bits per heavy atom. The summed E-state index contributed by atoms with van der Waals surface area (Å²) in [4.78, 5) is 10.7. The molecule has 1 aliphatic rings. The van der Waals surface area contributed by atoms with Gasteiger partial charge in [0.05, 0.1) is 0 Å². The maximum Gasteiger partial charge on any atom is 0.162 e. The molecular formula is C13H11Cl2N3. The van der Waals surface area contributed by atoms with Crippen LogP contribution in [0.2, 0.25) is 10.3 Å². The predicted molar refractivity (Wildman–Crippen MR) is 74.5 cm³/mol. The second-order valence-corrected chi connectivity index (χ2v) is 5.13. The van der Waals surface area contributed by atoms with Gasteiger partial charge in [0.15, 0.2) is 5.82 Å². The van der Waals surface area contributed by atoms with E-state index < -0.39 is 0 Å². The summed E-state index contributed by atoms with van der Waals surface area (Å²) < 4.78 is 0. The molecular weight excluding hydrogens is 269 g/mol. The van der Waals surface area contributed by atoms with Crippen LogP contribution in [0, 0.1) is 0 Å². The molecule has 3 rings (SSSR count). The zero-order valence-electron chi connectivity index (χ0n) is 9.82. The van der Waals surface area contributed by atoms with E-state index in [0.29, 0.717) is 16.1 Å². The number of rotatable bonds is 1. The van der Waals surface area contributed by atoms with Crippen molar-refractivity contribution < 1.29 is 0 Å². The minimum Gasteiger partial charge on any atom is -0.374 e. The normalized spacial score (nSPS) is 13.8. The highest BCUT2D eigenvalue weighted by molar-refractivity contribution is 6.33. The number of aromatic nitrogens is 2. The molecule has 0 fully saturated rings. The van der Waals surface area contributed by atoms with Crippen LogP contribution in [0.15, 0.2) is 24.3 Å². The molecule has 0 radical (unpaired) electrons.